The van der Waals surface area contributed by atoms with E-state index in [9.17, 15) is 0 Å². The number of nitriles is 1. The van der Waals surface area contributed by atoms with Crippen molar-refractivity contribution in [1.29, 1.82) is 5.26 Å². The first-order chi connectivity index (χ1) is 10.8. The fraction of sp³-hybridized carbons (Fsp3) is 0. The van der Waals surface area contributed by atoms with Gasteiger partial charge in [0.1, 0.15) is 0 Å². The van der Waals surface area contributed by atoms with Crippen molar-refractivity contribution >= 4 is 11.0 Å². The summed E-state index contributed by atoms with van der Waals surface area (Å²) in [5, 5.41) is 14.6. The van der Waals surface area contributed by atoms with Gasteiger partial charge in [-0.3, -0.25) is 0 Å². The smallest absolute Gasteiger partial charge is 0.160 e. The number of hydrogen-bond acceptors (Lipinski definition) is 3. The van der Waals surface area contributed by atoms with E-state index in [1.807, 2.05) is 59.5 Å². The summed E-state index contributed by atoms with van der Waals surface area (Å²) < 4.78 is 1.88. The van der Waals surface area contributed by atoms with Gasteiger partial charge in [0.05, 0.1) is 23.5 Å². The lowest BCUT2D eigenvalue weighted by atomic mass is 10.1. The standard InChI is InChI=1S/C17H11N5/c18-12-13-3-1-4-15(11-13)16-7-10-22(20-16)21-9-6-14-5-2-8-19-17(14)21/h1-11H. The molecule has 0 aliphatic heterocycles. The normalized spacial score (nSPS) is 10.7. The van der Waals surface area contributed by atoms with Crippen LogP contribution in [0.15, 0.2) is 67.1 Å². The minimum absolute atomic E-state index is 0.625. The molecule has 1 aromatic carbocycles. The molecule has 0 aliphatic carbocycles. The molecule has 0 atom stereocenters. The Hall–Kier alpha value is -3.39. The molecule has 0 N–H and O–H groups in total. The van der Waals surface area contributed by atoms with Gasteiger partial charge in [0, 0.05) is 23.3 Å². The second-order valence-corrected chi connectivity index (χ2v) is 4.89. The van der Waals surface area contributed by atoms with Gasteiger partial charge in [-0.1, -0.05) is 12.1 Å². The highest BCUT2D eigenvalue weighted by Gasteiger charge is 2.07. The quantitative estimate of drug-likeness (QED) is 0.568. The topological polar surface area (TPSA) is 59.4 Å². The molecule has 0 radical (unpaired) electrons. The molecule has 5 nitrogen and oxygen atoms in total. The minimum Gasteiger partial charge on any atom is -0.237 e. The van der Waals surface area contributed by atoms with Crippen molar-refractivity contribution in [3.8, 4) is 17.3 Å². The van der Waals surface area contributed by atoms with Crippen molar-refractivity contribution in [3.63, 3.8) is 0 Å². The van der Waals surface area contributed by atoms with Crippen LogP contribution in [0.2, 0.25) is 0 Å². The third-order valence-corrected chi connectivity index (χ3v) is 3.51. The fourth-order valence-corrected chi connectivity index (χ4v) is 2.45. The molecule has 3 heterocycles. The van der Waals surface area contributed by atoms with Gasteiger partial charge in [0.25, 0.3) is 0 Å². The van der Waals surface area contributed by atoms with Crippen LogP contribution in [-0.4, -0.2) is 19.5 Å². The average molecular weight is 285 g/mol. The second-order valence-electron chi connectivity index (χ2n) is 4.89. The summed E-state index contributed by atoms with van der Waals surface area (Å²) in [6.45, 7) is 0. The van der Waals surface area contributed by atoms with Crippen LogP contribution >= 0.6 is 0 Å². The van der Waals surface area contributed by atoms with E-state index in [1.165, 1.54) is 0 Å². The van der Waals surface area contributed by atoms with Crippen molar-refractivity contribution < 1.29 is 0 Å². The number of nitrogens with zero attached hydrogens (tertiary/aromatic N) is 5. The summed E-state index contributed by atoms with van der Waals surface area (Å²) in [4.78, 5) is 6.13. The van der Waals surface area contributed by atoms with Gasteiger partial charge in [-0.05, 0) is 36.4 Å². The van der Waals surface area contributed by atoms with E-state index in [1.54, 1.807) is 17.1 Å². The number of rotatable bonds is 2. The van der Waals surface area contributed by atoms with Crippen LogP contribution in [0.4, 0.5) is 0 Å². The predicted octanol–water partition coefficient (Wildman–Crippen LogP) is 3.08. The molecular weight excluding hydrogens is 274 g/mol. The van der Waals surface area contributed by atoms with Crippen LogP contribution in [0.3, 0.4) is 0 Å². The first-order valence-electron chi connectivity index (χ1n) is 6.84. The van der Waals surface area contributed by atoms with Gasteiger partial charge in [-0.2, -0.15) is 15.2 Å². The lowest BCUT2D eigenvalue weighted by Crippen LogP contribution is -2.08. The Morgan fingerprint density at radius 3 is 2.86 bits per heavy atom. The Balaban J connectivity index is 1.80. The molecule has 0 amide bonds. The van der Waals surface area contributed by atoms with Crippen LogP contribution in [0.5, 0.6) is 0 Å². The average Bonchev–Trinajstić information content (AvgIpc) is 3.21. The van der Waals surface area contributed by atoms with Gasteiger partial charge >= 0.3 is 0 Å². The maximum absolute atomic E-state index is 8.99. The molecule has 0 fully saturated rings. The van der Waals surface area contributed by atoms with Gasteiger partial charge in [-0.25, -0.2) is 9.66 Å². The Bertz CT molecular complexity index is 1000. The van der Waals surface area contributed by atoms with Gasteiger partial charge in [0.2, 0.25) is 0 Å². The zero-order valence-corrected chi connectivity index (χ0v) is 11.6. The summed E-state index contributed by atoms with van der Waals surface area (Å²) in [7, 11) is 0. The number of benzene rings is 1. The van der Waals surface area contributed by atoms with Gasteiger partial charge in [-0.15, -0.1) is 0 Å². The van der Waals surface area contributed by atoms with Crippen molar-refractivity contribution in [3.05, 3.63) is 72.7 Å². The lowest BCUT2D eigenvalue weighted by molar-refractivity contribution is 0.593. The molecule has 22 heavy (non-hydrogen) atoms. The van der Waals surface area contributed by atoms with E-state index in [0.29, 0.717) is 5.56 Å². The summed E-state index contributed by atoms with van der Waals surface area (Å²) in [5.41, 5.74) is 3.21. The van der Waals surface area contributed by atoms with Gasteiger partial charge < -0.3 is 0 Å². The van der Waals surface area contributed by atoms with Crippen LogP contribution in [0, 0.1) is 11.3 Å². The molecule has 0 spiro atoms. The molecule has 104 valence electrons. The van der Waals surface area contributed by atoms with Crippen molar-refractivity contribution in [2.75, 3.05) is 0 Å². The van der Waals surface area contributed by atoms with Crippen LogP contribution in [0.1, 0.15) is 5.56 Å². The SMILES string of the molecule is N#Cc1cccc(-c2ccn(-n3ccc4cccnc43)n2)c1. The molecule has 0 unspecified atom stereocenters. The van der Waals surface area contributed by atoms with Gasteiger partial charge in [0.15, 0.2) is 5.65 Å². The van der Waals surface area contributed by atoms with E-state index < -0.39 is 0 Å². The highest BCUT2D eigenvalue weighted by molar-refractivity contribution is 5.75. The van der Waals surface area contributed by atoms with Crippen molar-refractivity contribution in [2.45, 2.75) is 0 Å². The Morgan fingerprint density at radius 2 is 1.95 bits per heavy atom. The van der Waals surface area contributed by atoms with E-state index in [2.05, 4.69) is 16.2 Å². The number of pyridine rings is 1. The number of aromatic nitrogens is 4. The second kappa shape index (κ2) is 4.86. The molecule has 5 heteroatoms. The summed E-state index contributed by atoms with van der Waals surface area (Å²) in [6.07, 6.45) is 5.57. The Morgan fingerprint density at radius 1 is 1.00 bits per heavy atom. The minimum atomic E-state index is 0.625. The molecule has 4 aromatic rings. The zero-order valence-electron chi connectivity index (χ0n) is 11.6. The predicted molar refractivity (Wildman–Crippen MR) is 82.9 cm³/mol. The van der Waals surface area contributed by atoms with Crippen molar-refractivity contribution in [1.82, 2.24) is 19.5 Å². The molecule has 0 aliphatic rings. The lowest BCUT2D eigenvalue weighted by Gasteiger charge is -2.03. The van der Waals surface area contributed by atoms with E-state index in [0.717, 1.165) is 22.3 Å². The molecule has 3 aromatic heterocycles. The number of hydrogen-bond donors (Lipinski definition) is 0. The highest BCUT2D eigenvalue weighted by atomic mass is 15.6. The number of fused-ring (bicyclic) bond motifs is 1. The largest absolute Gasteiger partial charge is 0.237 e. The van der Waals surface area contributed by atoms with E-state index in [-0.39, 0.29) is 0 Å². The third kappa shape index (κ3) is 1.95. The van der Waals surface area contributed by atoms with Crippen LogP contribution in [0.25, 0.3) is 22.3 Å². The maximum Gasteiger partial charge on any atom is 0.160 e. The summed E-state index contributed by atoms with van der Waals surface area (Å²) in [6, 6.07) is 17.4. The molecule has 0 saturated heterocycles. The zero-order chi connectivity index (χ0) is 14.9. The Labute approximate surface area is 126 Å². The monoisotopic (exact) mass is 285 g/mol. The summed E-state index contributed by atoms with van der Waals surface area (Å²) in [5.74, 6) is 0. The molecule has 0 bridgehead atoms. The molecule has 0 saturated carbocycles. The van der Waals surface area contributed by atoms with Crippen molar-refractivity contribution in [2.24, 2.45) is 0 Å². The maximum atomic E-state index is 8.99. The van der Waals surface area contributed by atoms with Crippen LogP contribution < -0.4 is 0 Å². The first-order valence-corrected chi connectivity index (χ1v) is 6.84. The van der Waals surface area contributed by atoms with E-state index >= 15 is 0 Å². The fourth-order valence-electron chi connectivity index (χ4n) is 2.45. The molecular formula is C17H11N5. The van der Waals surface area contributed by atoms with E-state index in [4.69, 9.17) is 5.26 Å². The first kappa shape index (κ1) is 12.4. The molecule has 4 rings (SSSR count). The Kier molecular flexibility index (Phi) is 2.73. The highest BCUT2D eigenvalue weighted by Crippen LogP contribution is 2.19. The summed E-state index contributed by atoms with van der Waals surface area (Å²) >= 11 is 0. The van der Waals surface area contributed by atoms with Crippen LogP contribution in [-0.2, 0) is 0 Å². The third-order valence-electron chi connectivity index (χ3n) is 3.51.